The number of nitrogens with zero attached hydrogens (tertiary/aromatic N) is 3. The van der Waals surface area contributed by atoms with Gasteiger partial charge in [-0.25, -0.2) is 0 Å². The molecule has 0 bridgehead atoms. The molecule has 0 N–H and O–H groups in total. The van der Waals surface area contributed by atoms with Crippen molar-refractivity contribution in [2.45, 2.75) is 25.8 Å². The highest BCUT2D eigenvalue weighted by Gasteiger charge is 2.32. The standard InChI is InChI=1S/C20H23N3O/c1-15-12-18(14-21-13-15)16-2-4-17(5-3-16)20(24)23-10-8-22(9-11-23)19-6-7-19/h2-5,12-14,19H,6-11H2,1H3. The van der Waals surface area contributed by atoms with E-state index in [1.165, 1.54) is 12.8 Å². The van der Waals surface area contributed by atoms with Crippen LogP contribution in [0.15, 0.2) is 42.7 Å². The van der Waals surface area contributed by atoms with Crippen molar-refractivity contribution in [3.63, 3.8) is 0 Å². The molecule has 1 aromatic heterocycles. The van der Waals surface area contributed by atoms with Crippen LogP contribution in [0.1, 0.15) is 28.8 Å². The number of piperazine rings is 1. The first-order valence-electron chi connectivity index (χ1n) is 8.76. The summed E-state index contributed by atoms with van der Waals surface area (Å²) in [6, 6.07) is 10.8. The van der Waals surface area contributed by atoms with Gasteiger partial charge < -0.3 is 4.90 Å². The number of amides is 1. The summed E-state index contributed by atoms with van der Waals surface area (Å²) >= 11 is 0. The Bertz CT molecular complexity index is 729. The van der Waals surface area contributed by atoms with Crippen LogP contribution < -0.4 is 0 Å². The van der Waals surface area contributed by atoms with Crippen molar-refractivity contribution in [1.29, 1.82) is 0 Å². The Balaban J connectivity index is 1.43. The molecule has 1 amide bonds. The van der Waals surface area contributed by atoms with Gasteiger partial charge in [-0.1, -0.05) is 12.1 Å². The van der Waals surface area contributed by atoms with Crippen LogP contribution in [0.2, 0.25) is 0 Å². The number of aryl methyl sites for hydroxylation is 1. The first-order valence-corrected chi connectivity index (χ1v) is 8.76. The third kappa shape index (κ3) is 3.20. The van der Waals surface area contributed by atoms with Crippen molar-refractivity contribution >= 4 is 5.91 Å². The Morgan fingerprint density at radius 1 is 1.00 bits per heavy atom. The number of pyridine rings is 1. The summed E-state index contributed by atoms with van der Waals surface area (Å²) in [7, 11) is 0. The minimum atomic E-state index is 0.152. The maximum absolute atomic E-state index is 12.7. The van der Waals surface area contributed by atoms with Crippen molar-refractivity contribution in [3.05, 3.63) is 53.9 Å². The Labute approximate surface area is 143 Å². The van der Waals surface area contributed by atoms with Crippen LogP contribution in [0.5, 0.6) is 0 Å². The molecule has 1 aliphatic heterocycles. The van der Waals surface area contributed by atoms with Gasteiger partial charge in [0.2, 0.25) is 0 Å². The van der Waals surface area contributed by atoms with Crippen molar-refractivity contribution in [2.24, 2.45) is 0 Å². The first kappa shape index (κ1) is 15.3. The number of hydrogen-bond acceptors (Lipinski definition) is 3. The average Bonchev–Trinajstić information content (AvgIpc) is 3.47. The number of carbonyl (C=O) groups excluding carboxylic acids is 1. The quantitative estimate of drug-likeness (QED) is 0.872. The highest BCUT2D eigenvalue weighted by molar-refractivity contribution is 5.94. The second-order valence-corrected chi connectivity index (χ2v) is 6.89. The van der Waals surface area contributed by atoms with Gasteiger partial charge >= 0.3 is 0 Å². The molecule has 2 fully saturated rings. The van der Waals surface area contributed by atoms with E-state index < -0.39 is 0 Å². The molecule has 4 heteroatoms. The molecule has 2 heterocycles. The molecule has 0 atom stereocenters. The lowest BCUT2D eigenvalue weighted by Crippen LogP contribution is -2.49. The lowest BCUT2D eigenvalue weighted by Gasteiger charge is -2.34. The molecular weight excluding hydrogens is 298 g/mol. The molecule has 1 saturated carbocycles. The van der Waals surface area contributed by atoms with Crippen molar-refractivity contribution < 1.29 is 4.79 Å². The van der Waals surface area contributed by atoms with Crippen molar-refractivity contribution in [3.8, 4) is 11.1 Å². The number of aromatic nitrogens is 1. The molecule has 4 nitrogen and oxygen atoms in total. The van der Waals surface area contributed by atoms with Gasteiger partial charge in [0, 0.05) is 55.7 Å². The number of benzene rings is 1. The highest BCUT2D eigenvalue weighted by atomic mass is 16.2. The van der Waals surface area contributed by atoms with Gasteiger partial charge in [0.05, 0.1) is 0 Å². The van der Waals surface area contributed by atoms with Crippen LogP contribution in [-0.4, -0.2) is 52.9 Å². The normalized spacial score (nSPS) is 18.6. The molecule has 2 aromatic rings. The fourth-order valence-electron chi connectivity index (χ4n) is 3.43. The number of carbonyl (C=O) groups is 1. The minimum absolute atomic E-state index is 0.152. The summed E-state index contributed by atoms with van der Waals surface area (Å²) in [5, 5.41) is 0. The molecular formula is C20H23N3O. The first-order chi connectivity index (χ1) is 11.7. The molecule has 124 valence electrons. The molecule has 1 aliphatic carbocycles. The van der Waals surface area contributed by atoms with Crippen molar-refractivity contribution in [2.75, 3.05) is 26.2 Å². The Morgan fingerprint density at radius 3 is 2.33 bits per heavy atom. The Hall–Kier alpha value is -2.20. The summed E-state index contributed by atoms with van der Waals surface area (Å²) in [5.74, 6) is 0.152. The van der Waals surface area contributed by atoms with Gasteiger partial charge in [0.15, 0.2) is 0 Å². The lowest BCUT2D eigenvalue weighted by atomic mass is 10.0. The summed E-state index contributed by atoms with van der Waals surface area (Å²) in [5.41, 5.74) is 4.11. The highest BCUT2D eigenvalue weighted by Crippen LogP contribution is 2.27. The fraction of sp³-hybridized carbons (Fsp3) is 0.400. The average molecular weight is 321 g/mol. The molecule has 4 rings (SSSR count). The van der Waals surface area contributed by atoms with Crippen LogP contribution >= 0.6 is 0 Å². The van der Waals surface area contributed by atoms with E-state index in [2.05, 4.69) is 16.0 Å². The van der Waals surface area contributed by atoms with Gasteiger partial charge in [-0.15, -0.1) is 0 Å². The van der Waals surface area contributed by atoms with E-state index in [1.54, 1.807) is 0 Å². The van der Waals surface area contributed by atoms with E-state index in [1.807, 2.05) is 48.5 Å². The predicted molar refractivity (Wildman–Crippen MR) is 94.9 cm³/mol. The number of hydrogen-bond donors (Lipinski definition) is 0. The predicted octanol–water partition coefficient (Wildman–Crippen LogP) is 2.98. The molecule has 2 aliphatic rings. The van der Waals surface area contributed by atoms with Crippen LogP contribution in [0.25, 0.3) is 11.1 Å². The second kappa shape index (κ2) is 6.36. The molecule has 0 radical (unpaired) electrons. The zero-order valence-corrected chi connectivity index (χ0v) is 14.1. The van der Waals surface area contributed by atoms with Crippen LogP contribution in [0.4, 0.5) is 0 Å². The van der Waals surface area contributed by atoms with E-state index in [0.717, 1.165) is 54.5 Å². The topological polar surface area (TPSA) is 36.4 Å². The maximum Gasteiger partial charge on any atom is 0.253 e. The summed E-state index contributed by atoms with van der Waals surface area (Å²) in [4.78, 5) is 21.4. The van der Waals surface area contributed by atoms with E-state index in [0.29, 0.717) is 0 Å². The number of rotatable bonds is 3. The summed E-state index contributed by atoms with van der Waals surface area (Å²) in [6.45, 7) is 5.76. The second-order valence-electron chi connectivity index (χ2n) is 6.89. The maximum atomic E-state index is 12.7. The summed E-state index contributed by atoms with van der Waals surface area (Å²) < 4.78 is 0. The third-order valence-electron chi connectivity index (χ3n) is 5.00. The van der Waals surface area contributed by atoms with E-state index in [4.69, 9.17) is 0 Å². The van der Waals surface area contributed by atoms with Gasteiger partial charge in [0.25, 0.3) is 5.91 Å². The minimum Gasteiger partial charge on any atom is -0.336 e. The molecule has 0 spiro atoms. The SMILES string of the molecule is Cc1cncc(-c2ccc(C(=O)N3CCN(C4CC4)CC3)cc2)c1. The molecule has 1 aromatic carbocycles. The molecule has 1 saturated heterocycles. The monoisotopic (exact) mass is 321 g/mol. The van der Waals surface area contributed by atoms with Crippen molar-refractivity contribution in [1.82, 2.24) is 14.8 Å². The Morgan fingerprint density at radius 2 is 1.71 bits per heavy atom. The fourth-order valence-corrected chi connectivity index (χ4v) is 3.43. The summed E-state index contributed by atoms with van der Waals surface area (Å²) in [6.07, 6.45) is 6.38. The lowest BCUT2D eigenvalue weighted by molar-refractivity contribution is 0.0627. The molecule has 0 unspecified atom stereocenters. The smallest absolute Gasteiger partial charge is 0.253 e. The van der Waals surface area contributed by atoms with E-state index >= 15 is 0 Å². The van der Waals surface area contributed by atoms with Crippen LogP contribution in [0.3, 0.4) is 0 Å². The molecule has 24 heavy (non-hydrogen) atoms. The Kier molecular flexibility index (Phi) is 4.07. The largest absolute Gasteiger partial charge is 0.336 e. The van der Waals surface area contributed by atoms with E-state index in [9.17, 15) is 4.79 Å². The van der Waals surface area contributed by atoms with E-state index in [-0.39, 0.29) is 5.91 Å². The van der Waals surface area contributed by atoms with Crippen LogP contribution in [0, 0.1) is 6.92 Å². The van der Waals surface area contributed by atoms with Gasteiger partial charge in [-0.3, -0.25) is 14.7 Å². The van der Waals surface area contributed by atoms with Gasteiger partial charge in [-0.05, 0) is 49.1 Å². The van der Waals surface area contributed by atoms with Gasteiger partial charge in [0.1, 0.15) is 0 Å². The zero-order valence-electron chi connectivity index (χ0n) is 14.1. The third-order valence-corrected chi connectivity index (χ3v) is 5.00. The van der Waals surface area contributed by atoms with Gasteiger partial charge in [-0.2, -0.15) is 0 Å². The zero-order chi connectivity index (χ0) is 16.5. The van der Waals surface area contributed by atoms with Crippen LogP contribution in [-0.2, 0) is 0 Å².